The Hall–Kier alpha value is -1.56. The van der Waals surface area contributed by atoms with Crippen LogP contribution in [0.2, 0.25) is 5.15 Å². The topological polar surface area (TPSA) is 98.3 Å². The summed E-state index contributed by atoms with van der Waals surface area (Å²) in [4.78, 5) is 17.7. The van der Waals surface area contributed by atoms with Gasteiger partial charge in [-0.25, -0.2) is 14.8 Å². The number of carboxylic acids is 1. The number of aliphatic carboxylic acids is 1. The van der Waals surface area contributed by atoms with E-state index in [0.29, 0.717) is 0 Å². The molecule has 3 N–H and O–H groups in total. The zero-order valence-corrected chi connectivity index (χ0v) is 8.02. The maximum atomic E-state index is 10.5. The van der Waals surface area contributed by atoms with Crippen LogP contribution < -0.4 is 10.5 Å². The van der Waals surface area contributed by atoms with E-state index in [1.54, 1.807) is 0 Å². The number of nitrogen functional groups attached to an aromatic ring is 1. The summed E-state index contributed by atoms with van der Waals surface area (Å²) in [5, 5.41) is 8.57. The highest BCUT2D eigenvalue weighted by atomic mass is 35.5. The summed E-state index contributed by atoms with van der Waals surface area (Å²) in [7, 11) is 0. The van der Waals surface area contributed by atoms with Crippen molar-refractivity contribution in [2.45, 2.75) is 13.0 Å². The average molecular weight is 218 g/mol. The van der Waals surface area contributed by atoms with Gasteiger partial charge in [0.25, 0.3) is 0 Å². The van der Waals surface area contributed by atoms with Gasteiger partial charge in [0.05, 0.1) is 0 Å². The Morgan fingerprint density at radius 1 is 1.71 bits per heavy atom. The van der Waals surface area contributed by atoms with Crippen LogP contribution in [0.5, 0.6) is 5.75 Å². The van der Waals surface area contributed by atoms with Crippen molar-refractivity contribution in [1.29, 1.82) is 0 Å². The number of ether oxygens (including phenoxy) is 1. The van der Waals surface area contributed by atoms with Gasteiger partial charge in [0.2, 0.25) is 0 Å². The molecule has 0 aliphatic carbocycles. The van der Waals surface area contributed by atoms with Gasteiger partial charge >= 0.3 is 5.97 Å². The number of rotatable bonds is 3. The molecule has 1 rings (SSSR count). The third-order valence-electron chi connectivity index (χ3n) is 1.43. The second kappa shape index (κ2) is 4.10. The molecule has 0 spiro atoms. The normalized spacial score (nSPS) is 12.1. The minimum Gasteiger partial charge on any atom is -0.479 e. The van der Waals surface area contributed by atoms with Gasteiger partial charge in [-0.3, -0.25) is 0 Å². The molecule has 0 aliphatic rings. The molecule has 1 heterocycles. The van der Waals surface area contributed by atoms with E-state index in [0.717, 1.165) is 6.33 Å². The van der Waals surface area contributed by atoms with E-state index < -0.39 is 12.1 Å². The Labute approximate surface area is 84.7 Å². The summed E-state index contributed by atoms with van der Waals surface area (Å²) in [5.74, 6) is -1.12. The largest absolute Gasteiger partial charge is 0.479 e. The van der Waals surface area contributed by atoms with Crippen LogP contribution in [0.4, 0.5) is 5.82 Å². The van der Waals surface area contributed by atoms with Crippen LogP contribution >= 0.6 is 11.6 Å². The molecule has 0 saturated heterocycles. The van der Waals surface area contributed by atoms with Crippen LogP contribution in [0.1, 0.15) is 6.92 Å². The van der Waals surface area contributed by atoms with Gasteiger partial charge in [0.15, 0.2) is 22.8 Å². The molecule has 1 unspecified atom stereocenters. The van der Waals surface area contributed by atoms with Crippen molar-refractivity contribution < 1.29 is 14.6 Å². The van der Waals surface area contributed by atoms with Gasteiger partial charge in [-0.2, -0.15) is 0 Å². The molecule has 0 aromatic carbocycles. The lowest BCUT2D eigenvalue weighted by Crippen LogP contribution is -2.23. The lowest BCUT2D eigenvalue weighted by molar-refractivity contribution is -0.144. The van der Waals surface area contributed by atoms with E-state index in [-0.39, 0.29) is 16.7 Å². The Balaban J connectivity index is 2.91. The van der Waals surface area contributed by atoms with E-state index in [1.165, 1.54) is 6.92 Å². The first kappa shape index (κ1) is 10.5. The van der Waals surface area contributed by atoms with Crippen LogP contribution in [0, 0.1) is 0 Å². The highest BCUT2D eigenvalue weighted by Gasteiger charge is 2.17. The lowest BCUT2D eigenvalue weighted by atomic mass is 10.4. The zero-order chi connectivity index (χ0) is 10.7. The van der Waals surface area contributed by atoms with E-state index in [1.807, 2.05) is 0 Å². The minimum atomic E-state index is -1.12. The third-order valence-corrected chi connectivity index (χ3v) is 1.70. The first-order valence-corrected chi connectivity index (χ1v) is 4.05. The predicted molar refractivity (Wildman–Crippen MR) is 49.2 cm³/mol. The maximum Gasteiger partial charge on any atom is 0.344 e. The molecule has 0 amide bonds. The lowest BCUT2D eigenvalue weighted by Gasteiger charge is -2.11. The second-order valence-corrected chi connectivity index (χ2v) is 2.84. The van der Waals surface area contributed by atoms with E-state index in [4.69, 9.17) is 27.2 Å². The summed E-state index contributed by atoms with van der Waals surface area (Å²) in [5.41, 5.74) is 5.42. The monoisotopic (exact) mass is 217 g/mol. The van der Waals surface area contributed by atoms with Crippen molar-refractivity contribution in [2.24, 2.45) is 0 Å². The fourth-order valence-electron chi connectivity index (χ4n) is 0.701. The molecule has 6 nitrogen and oxygen atoms in total. The Morgan fingerprint density at radius 3 is 2.86 bits per heavy atom. The number of hydrogen-bond donors (Lipinski definition) is 2. The first-order valence-electron chi connectivity index (χ1n) is 3.67. The van der Waals surface area contributed by atoms with Gasteiger partial charge in [-0.15, -0.1) is 0 Å². The van der Waals surface area contributed by atoms with Gasteiger partial charge in [-0.05, 0) is 6.92 Å². The van der Waals surface area contributed by atoms with Crippen molar-refractivity contribution in [3.05, 3.63) is 11.5 Å². The fourth-order valence-corrected chi connectivity index (χ4v) is 0.886. The number of nitrogens with two attached hydrogens (primary N) is 1. The highest BCUT2D eigenvalue weighted by Crippen LogP contribution is 2.27. The number of hydrogen-bond acceptors (Lipinski definition) is 5. The molecule has 7 heteroatoms. The number of carboxylic acid groups (broad SMARTS) is 1. The van der Waals surface area contributed by atoms with Crippen molar-refractivity contribution >= 4 is 23.4 Å². The molecule has 0 radical (unpaired) electrons. The van der Waals surface area contributed by atoms with Crippen molar-refractivity contribution in [2.75, 3.05) is 5.73 Å². The van der Waals surface area contributed by atoms with Gasteiger partial charge in [0, 0.05) is 0 Å². The number of anilines is 1. The smallest absolute Gasteiger partial charge is 0.344 e. The Morgan fingerprint density at radius 2 is 2.36 bits per heavy atom. The van der Waals surface area contributed by atoms with Crippen molar-refractivity contribution in [1.82, 2.24) is 9.97 Å². The molecule has 1 atom stereocenters. The van der Waals surface area contributed by atoms with Crippen LogP contribution in [-0.2, 0) is 4.79 Å². The summed E-state index contributed by atoms with van der Waals surface area (Å²) >= 11 is 5.63. The highest BCUT2D eigenvalue weighted by molar-refractivity contribution is 6.31. The van der Waals surface area contributed by atoms with Crippen molar-refractivity contribution in [3.8, 4) is 5.75 Å². The Kier molecular flexibility index (Phi) is 3.08. The van der Waals surface area contributed by atoms with Crippen LogP contribution in [0.25, 0.3) is 0 Å². The van der Waals surface area contributed by atoms with Crippen LogP contribution in [-0.4, -0.2) is 27.1 Å². The summed E-state index contributed by atoms with van der Waals surface area (Å²) in [6.07, 6.45) is 0.108. The van der Waals surface area contributed by atoms with Gasteiger partial charge in [-0.1, -0.05) is 11.6 Å². The molecule has 0 fully saturated rings. The van der Waals surface area contributed by atoms with E-state index in [9.17, 15) is 4.79 Å². The zero-order valence-electron chi connectivity index (χ0n) is 7.27. The molecule has 0 bridgehead atoms. The number of nitrogens with zero attached hydrogens (tertiary/aromatic N) is 2. The molecule has 0 saturated carbocycles. The molecule has 1 aromatic rings. The number of carbonyl (C=O) groups is 1. The van der Waals surface area contributed by atoms with E-state index >= 15 is 0 Å². The molecule has 14 heavy (non-hydrogen) atoms. The van der Waals surface area contributed by atoms with Crippen LogP contribution in [0.3, 0.4) is 0 Å². The SMILES string of the molecule is CC(Oc1c(N)ncnc1Cl)C(=O)O. The standard InChI is InChI=1S/C7H8ClN3O3/c1-3(7(12)13)14-4-5(8)10-2-11-6(4)9/h2-3H,1H3,(H,12,13)(H2,9,10,11). The molecule has 0 aliphatic heterocycles. The fraction of sp³-hybridized carbons (Fsp3) is 0.286. The average Bonchev–Trinajstić information content (AvgIpc) is 2.11. The second-order valence-electron chi connectivity index (χ2n) is 2.48. The van der Waals surface area contributed by atoms with Gasteiger partial charge in [0.1, 0.15) is 6.33 Å². The number of aromatic nitrogens is 2. The molecular formula is C7H8ClN3O3. The predicted octanol–water partition coefficient (Wildman–Crippen LogP) is 0.564. The van der Waals surface area contributed by atoms with Crippen LogP contribution in [0.15, 0.2) is 6.33 Å². The number of halogens is 1. The minimum absolute atomic E-state index is 0.00870. The molecule has 1 aromatic heterocycles. The quantitative estimate of drug-likeness (QED) is 0.718. The third kappa shape index (κ3) is 2.23. The Bertz CT molecular complexity index is 338. The summed E-state index contributed by atoms with van der Waals surface area (Å²) in [6.45, 7) is 1.35. The molecule has 76 valence electrons. The summed E-state index contributed by atoms with van der Waals surface area (Å²) in [6, 6.07) is 0. The van der Waals surface area contributed by atoms with E-state index in [2.05, 4.69) is 9.97 Å². The molecular weight excluding hydrogens is 210 g/mol. The summed E-state index contributed by atoms with van der Waals surface area (Å²) < 4.78 is 4.96. The maximum absolute atomic E-state index is 10.5. The van der Waals surface area contributed by atoms with Gasteiger partial charge < -0.3 is 15.6 Å². The van der Waals surface area contributed by atoms with Crippen molar-refractivity contribution in [3.63, 3.8) is 0 Å². The first-order chi connectivity index (χ1) is 6.52.